The molecule has 138 valence electrons. The van der Waals surface area contributed by atoms with Crippen molar-refractivity contribution in [1.82, 2.24) is 14.8 Å². The van der Waals surface area contributed by atoms with Crippen molar-refractivity contribution in [1.29, 1.82) is 0 Å². The average Bonchev–Trinajstić information content (AvgIpc) is 3.12. The molecule has 1 aromatic carbocycles. The van der Waals surface area contributed by atoms with Gasteiger partial charge in [-0.1, -0.05) is 37.3 Å². The third kappa shape index (κ3) is 3.72. The molecule has 0 unspecified atom stereocenters. The standard InChI is InChI=1S/C17H17F3N4OS/c1-10(2)7-8-21-9-11-14(17(18,19)20)23-24(15(11)25)16-22-12-5-3-4-6-13(12)26-16/h3-6,9-10,23H,7-8H2,1-2H3. The molecule has 0 saturated carbocycles. The van der Waals surface area contributed by atoms with E-state index >= 15 is 0 Å². The highest BCUT2D eigenvalue weighted by Crippen LogP contribution is 2.30. The lowest BCUT2D eigenvalue weighted by atomic mass is 10.1. The van der Waals surface area contributed by atoms with Gasteiger partial charge in [-0.3, -0.25) is 14.9 Å². The maximum Gasteiger partial charge on any atom is 0.433 e. The molecule has 3 aromatic rings. The summed E-state index contributed by atoms with van der Waals surface area (Å²) in [5.41, 5.74) is -1.81. The zero-order chi connectivity index (χ0) is 18.9. The summed E-state index contributed by atoms with van der Waals surface area (Å²) in [6.07, 6.45) is -2.96. The highest BCUT2D eigenvalue weighted by Gasteiger charge is 2.38. The number of alkyl halides is 3. The molecule has 0 atom stereocenters. The van der Waals surface area contributed by atoms with E-state index in [2.05, 4.69) is 15.1 Å². The Morgan fingerprint density at radius 1 is 1.35 bits per heavy atom. The molecule has 0 aliphatic carbocycles. The Kier molecular flexibility index (Phi) is 4.99. The van der Waals surface area contributed by atoms with Gasteiger partial charge in [0, 0.05) is 12.8 Å². The molecule has 0 fully saturated rings. The molecule has 9 heteroatoms. The molecule has 0 radical (unpaired) electrons. The van der Waals surface area contributed by atoms with Crippen LogP contribution in [0.5, 0.6) is 0 Å². The smallest absolute Gasteiger partial charge is 0.292 e. The Balaban J connectivity index is 2.05. The fourth-order valence-electron chi connectivity index (χ4n) is 2.36. The van der Waals surface area contributed by atoms with Crippen LogP contribution in [0.3, 0.4) is 0 Å². The lowest BCUT2D eigenvalue weighted by Gasteiger charge is -2.04. The second kappa shape index (κ2) is 7.06. The van der Waals surface area contributed by atoms with Crippen LogP contribution in [-0.2, 0) is 6.18 Å². The van der Waals surface area contributed by atoms with Gasteiger partial charge in [-0.15, -0.1) is 0 Å². The van der Waals surface area contributed by atoms with Gasteiger partial charge in [-0.2, -0.15) is 17.9 Å². The van der Waals surface area contributed by atoms with Crippen molar-refractivity contribution >= 4 is 27.8 Å². The number of nitrogens with zero attached hydrogens (tertiary/aromatic N) is 3. The average molecular weight is 382 g/mol. The molecule has 0 aliphatic rings. The second-order valence-corrected chi connectivity index (χ2v) is 7.23. The molecule has 0 spiro atoms. The number of hydrogen-bond donors (Lipinski definition) is 1. The molecular formula is C17H17F3N4OS. The maximum atomic E-state index is 13.3. The van der Waals surface area contributed by atoms with Crippen molar-refractivity contribution in [3.63, 3.8) is 0 Å². The van der Waals surface area contributed by atoms with E-state index in [9.17, 15) is 18.0 Å². The first-order valence-electron chi connectivity index (χ1n) is 8.05. The highest BCUT2D eigenvalue weighted by atomic mass is 32.1. The topological polar surface area (TPSA) is 63.0 Å². The van der Waals surface area contributed by atoms with Crippen LogP contribution in [0.2, 0.25) is 0 Å². The number of aromatic nitrogens is 3. The van der Waals surface area contributed by atoms with Crippen molar-refractivity contribution in [2.45, 2.75) is 26.4 Å². The van der Waals surface area contributed by atoms with Crippen molar-refractivity contribution < 1.29 is 13.2 Å². The summed E-state index contributed by atoms with van der Waals surface area (Å²) in [6, 6.07) is 7.11. The summed E-state index contributed by atoms with van der Waals surface area (Å²) in [5, 5.41) is 2.31. The minimum Gasteiger partial charge on any atom is -0.292 e. The lowest BCUT2D eigenvalue weighted by molar-refractivity contribution is -0.141. The predicted molar refractivity (Wildman–Crippen MR) is 96.5 cm³/mol. The van der Waals surface area contributed by atoms with Gasteiger partial charge in [0.2, 0.25) is 5.13 Å². The Hall–Kier alpha value is -2.42. The summed E-state index contributed by atoms with van der Waals surface area (Å²) in [5.74, 6) is 0.375. The summed E-state index contributed by atoms with van der Waals surface area (Å²) in [7, 11) is 0. The number of thiazole rings is 1. The molecule has 5 nitrogen and oxygen atoms in total. The summed E-state index contributed by atoms with van der Waals surface area (Å²) < 4.78 is 41.6. The molecule has 0 aliphatic heterocycles. The fourth-order valence-corrected chi connectivity index (χ4v) is 3.29. The molecule has 26 heavy (non-hydrogen) atoms. The van der Waals surface area contributed by atoms with E-state index in [4.69, 9.17) is 0 Å². The van der Waals surface area contributed by atoms with Gasteiger partial charge in [0.1, 0.15) is 0 Å². The number of hydrogen-bond acceptors (Lipinski definition) is 4. The number of para-hydroxylation sites is 1. The molecule has 3 rings (SSSR count). The van der Waals surface area contributed by atoms with Crippen LogP contribution in [0, 0.1) is 5.92 Å². The number of fused-ring (bicyclic) bond motifs is 1. The molecule has 2 heterocycles. The number of aliphatic imine (C=N–C) groups is 1. The second-order valence-electron chi connectivity index (χ2n) is 6.22. The largest absolute Gasteiger partial charge is 0.433 e. The van der Waals surface area contributed by atoms with E-state index < -0.39 is 23.0 Å². The van der Waals surface area contributed by atoms with Crippen LogP contribution >= 0.6 is 11.3 Å². The van der Waals surface area contributed by atoms with Crippen LogP contribution in [0.4, 0.5) is 13.2 Å². The minimum absolute atomic E-state index is 0.156. The quantitative estimate of drug-likeness (QED) is 0.670. The monoisotopic (exact) mass is 382 g/mol. The number of H-pyrrole nitrogens is 1. The normalized spacial score (nSPS) is 12.7. The number of halogens is 3. The van der Waals surface area contributed by atoms with Crippen LogP contribution in [0.25, 0.3) is 15.3 Å². The van der Waals surface area contributed by atoms with E-state index in [0.717, 1.165) is 33.4 Å². The van der Waals surface area contributed by atoms with E-state index in [-0.39, 0.29) is 5.13 Å². The van der Waals surface area contributed by atoms with Crippen molar-refractivity contribution in [2.24, 2.45) is 10.9 Å². The van der Waals surface area contributed by atoms with Gasteiger partial charge < -0.3 is 0 Å². The first kappa shape index (κ1) is 18.4. The Bertz CT molecular complexity index is 965. The Labute approximate surface area is 151 Å². The number of rotatable bonds is 5. The van der Waals surface area contributed by atoms with Gasteiger partial charge in [0.15, 0.2) is 5.69 Å². The van der Waals surface area contributed by atoms with Crippen molar-refractivity contribution in [2.75, 3.05) is 6.54 Å². The van der Waals surface area contributed by atoms with Crippen molar-refractivity contribution in [3.8, 4) is 5.13 Å². The zero-order valence-electron chi connectivity index (χ0n) is 14.2. The molecular weight excluding hydrogens is 365 g/mol. The number of benzene rings is 1. The SMILES string of the molecule is CC(C)CCN=Cc1c(C(F)(F)F)[nH]n(-c2nc3ccccc3s2)c1=O. The van der Waals surface area contributed by atoms with E-state index in [1.807, 2.05) is 13.8 Å². The van der Waals surface area contributed by atoms with Gasteiger partial charge in [-0.25, -0.2) is 4.98 Å². The first-order valence-corrected chi connectivity index (χ1v) is 8.87. The van der Waals surface area contributed by atoms with Gasteiger partial charge in [0.25, 0.3) is 5.56 Å². The summed E-state index contributed by atoms with van der Waals surface area (Å²) >= 11 is 1.14. The molecule has 1 N–H and O–H groups in total. The molecule has 0 saturated heterocycles. The van der Waals surface area contributed by atoms with E-state index in [1.54, 1.807) is 24.3 Å². The zero-order valence-corrected chi connectivity index (χ0v) is 15.0. The van der Waals surface area contributed by atoms with E-state index in [0.29, 0.717) is 18.0 Å². The number of nitrogens with one attached hydrogen (secondary N) is 1. The lowest BCUT2D eigenvalue weighted by Crippen LogP contribution is -2.17. The molecule has 0 amide bonds. The van der Waals surface area contributed by atoms with Gasteiger partial charge in [-0.05, 0) is 24.5 Å². The fraction of sp³-hybridized carbons (Fsp3) is 0.353. The predicted octanol–water partition coefficient (Wildman–Crippen LogP) is 4.26. The minimum atomic E-state index is -4.69. The first-order chi connectivity index (χ1) is 12.3. The summed E-state index contributed by atoms with van der Waals surface area (Å²) in [4.78, 5) is 20.8. The summed E-state index contributed by atoms with van der Waals surface area (Å²) in [6.45, 7) is 4.35. The van der Waals surface area contributed by atoms with Gasteiger partial charge in [0.05, 0.1) is 15.8 Å². The molecule has 0 bridgehead atoms. The van der Waals surface area contributed by atoms with Crippen LogP contribution in [-0.4, -0.2) is 27.5 Å². The van der Waals surface area contributed by atoms with Crippen LogP contribution in [0.1, 0.15) is 31.5 Å². The van der Waals surface area contributed by atoms with Gasteiger partial charge >= 0.3 is 6.18 Å². The van der Waals surface area contributed by atoms with E-state index in [1.165, 1.54) is 0 Å². The Morgan fingerprint density at radius 3 is 2.73 bits per heavy atom. The third-order valence-corrected chi connectivity index (χ3v) is 4.76. The number of aromatic amines is 1. The van der Waals surface area contributed by atoms with Crippen molar-refractivity contribution in [3.05, 3.63) is 45.9 Å². The Morgan fingerprint density at radius 2 is 2.08 bits per heavy atom. The molecule has 2 aromatic heterocycles. The van der Waals surface area contributed by atoms with Crippen LogP contribution in [0.15, 0.2) is 34.1 Å². The maximum absolute atomic E-state index is 13.3. The third-order valence-electron chi connectivity index (χ3n) is 3.74. The highest BCUT2D eigenvalue weighted by molar-refractivity contribution is 7.20. The van der Waals surface area contributed by atoms with Crippen LogP contribution < -0.4 is 5.56 Å².